The molecule has 0 unspecified atom stereocenters. The smallest absolute Gasteiger partial charge is 0.306 e. The third-order valence-corrected chi connectivity index (χ3v) is 5.09. The number of ether oxygens (including phenoxy) is 1. The molecule has 0 saturated heterocycles. The first-order valence-electron chi connectivity index (χ1n) is 6.60. The molecule has 0 radical (unpaired) electrons. The van der Waals surface area contributed by atoms with Crippen molar-refractivity contribution in [3.63, 3.8) is 0 Å². The number of carbonyl (C=O) groups excluding carboxylic acids is 1. The molecule has 0 amide bonds. The summed E-state index contributed by atoms with van der Waals surface area (Å²) in [5.41, 5.74) is 7.32. The molecular weight excluding hydrogens is 258 g/mol. The fourth-order valence-electron chi connectivity index (χ4n) is 2.15. The minimum absolute atomic E-state index is 0.0412. The van der Waals surface area contributed by atoms with Crippen LogP contribution in [-0.4, -0.2) is 18.8 Å². The molecule has 4 heteroatoms. The Balaban J connectivity index is 1.98. The van der Waals surface area contributed by atoms with Gasteiger partial charge >= 0.3 is 5.97 Å². The van der Waals surface area contributed by atoms with Crippen molar-refractivity contribution >= 4 is 17.7 Å². The van der Waals surface area contributed by atoms with Gasteiger partial charge in [0, 0.05) is 16.7 Å². The Morgan fingerprint density at radius 3 is 2.74 bits per heavy atom. The van der Waals surface area contributed by atoms with Crippen LogP contribution in [-0.2, 0) is 9.53 Å². The van der Waals surface area contributed by atoms with Gasteiger partial charge in [-0.2, -0.15) is 0 Å². The van der Waals surface area contributed by atoms with Crippen LogP contribution in [0, 0.1) is 5.41 Å². The predicted octanol–water partition coefficient (Wildman–Crippen LogP) is 3.14. The zero-order valence-corrected chi connectivity index (χ0v) is 12.3. The molecule has 2 N–H and O–H groups in total. The molecule has 3 nitrogen and oxygen atoms in total. The summed E-state index contributed by atoms with van der Waals surface area (Å²) < 4.78 is 4.77. The number of benzene rings is 1. The maximum Gasteiger partial charge on any atom is 0.306 e. The fourth-order valence-corrected chi connectivity index (χ4v) is 3.59. The molecule has 1 aromatic carbocycles. The second kappa shape index (κ2) is 5.97. The Kier molecular flexibility index (Phi) is 4.53. The highest BCUT2D eigenvalue weighted by Crippen LogP contribution is 2.52. The second-order valence-corrected chi connectivity index (χ2v) is 6.39. The van der Waals surface area contributed by atoms with Crippen LogP contribution in [0.3, 0.4) is 0 Å². The summed E-state index contributed by atoms with van der Waals surface area (Å²) in [5, 5.41) is 0. The zero-order chi connectivity index (χ0) is 13.9. The van der Waals surface area contributed by atoms with E-state index in [0.717, 1.165) is 18.6 Å². The van der Waals surface area contributed by atoms with E-state index in [-0.39, 0.29) is 17.4 Å². The molecule has 0 heterocycles. The van der Waals surface area contributed by atoms with E-state index in [1.54, 1.807) is 0 Å². The van der Waals surface area contributed by atoms with Gasteiger partial charge < -0.3 is 10.5 Å². The van der Waals surface area contributed by atoms with E-state index in [1.165, 1.54) is 17.6 Å². The largest absolute Gasteiger partial charge is 0.469 e. The Bertz CT molecular complexity index is 455. The van der Waals surface area contributed by atoms with Crippen molar-refractivity contribution in [2.75, 3.05) is 12.9 Å². The molecule has 1 aliphatic rings. The molecule has 19 heavy (non-hydrogen) atoms. The van der Waals surface area contributed by atoms with Crippen molar-refractivity contribution in [1.82, 2.24) is 0 Å². The van der Waals surface area contributed by atoms with Crippen molar-refractivity contribution in [2.24, 2.45) is 11.1 Å². The lowest BCUT2D eigenvalue weighted by molar-refractivity contribution is -0.141. The number of nitrogens with two attached hydrogens (primary N) is 1. The molecule has 2 rings (SSSR count). The first-order chi connectivity index (χ1) is 9.06. The molecule has 1 aromatic rings. The van der Waals surface area contributed by atoms with E-state index in [9.17, 15) is 4.79 Å². The molecule has 1 fully saturated rings. The van der Waals surface area contributed by atoms with E-state index in [2.05, 4.69) is 12.1 Å². The van der Waals surface area contributed by atoms with Gasteiger partial charge in [-0.3, -0.25) is 4.79 Å². The van der Waals surface area contributed by atoms with Crippen LogP contribution in [0.5, 0.6) is 0 Å². The summed E-state index contributed by atoms with van der Waals surface area (Å²) in [7, 11) is 1.46. The molecule has 1 aliphatic carbocycles. The van der Waals surface area contributed by atoms with Crippen LogP contribution in [0.2, 0.25) is 0 Å². The van der Waals surface area contributed by atoms with Crippen molar-refractivity contribution < 1.29 is 9.53 Å². The average molecular weight is 279 g/mol. The van der Waals surface area contributed by atoms with Gasteiger partial charge in [-0.25, -0.2) is 0 Å². The molecule has 104 valence electrons. The van der Waals surface area contributed by atoms with Gasteiger partial charge in [0.25, 0.3) is 0 Å². The SMILES string of the molecule is COC(=O)CC1(CSc2ccccc2[C@@H](C)N)CC1. The van der Waals surface area contributed by atoms with Crippen LogP contribution in [0.4, 0.5) is 0 Å². The minimum Gasteiger partial charge on any atom is -0.469 e. The monoisotopic (exact) mass is 279 g/mol. The molecule has 0 aliphatic heterocycles. The summed E-state index contributed by atoms with van der Waals surface area (Å²) in [6.07, 6.45) is 2.78. The first kappa shape index (κ1) is 14.4. The Hall–Kier alpha value is -1.00. The van der Waals surface area contributed by atoms with Crippen LogP contribution >= 0.6 is 11.8 Å². The number of rotatable bonds is 6. The number of esters is 1. The van der Waals surface area contributed by atoms with Gasteiger partial charge in [0.15, 0.2) is 0 Å². The van der Waals surface area contributed by atoms with E-state index >= 15 is 0 Å². The first-order valence-corrected chi connectivity index (χ1v) is 7.59. The lowest BCUT2D eigenvalue weighted by Gasteiger charge is -2.16. The number of hydrogen-bond acceptors (Lipinski definition) is 4. The van der Waals surface area contributed by atoms with E-state index in [1.807, 2.05) is 30.8 Å². The quantitative estimate of drug-likeness (QED) is 0.642. The number of carbonyl (C=O) groups is 1. The second-order valence-electron chi connectivity index (χ2n) is 5.37. The Morgan fingerprint density at radius 2 is 2.16 bits per heavy atom. The molecule has 1 saturated carbocycles. The van der Waals surface area contributed by atoms with E-state index in [4.69, 9.17) is 10.5 Å². The highest BCUT2D eigenvalue weighted by molar-refractivity contribution is 7.99. The molecule has 0 bridgehead atoms. The van der Waals surface area contributed by atoms with Gasteiger partial charge in [0.05, 0.1) is 13.5 Å². The van der Waals surface area contributed by atoms with Crippen LogP contribution in [0.1, 0.15) is 37.8 Å². The zero-order valence-electron chi connectivity index (χ0n) is 11.5. The summed E-state index contributed by atoms with van der Waals surface area (Å²) in [6.45, 7) is 2.00. The van der Waals surface area contributed by atoms with Crippen LogP contribution in [0.25, 0.3) is 0 Å². The third-order valence-electron chi connectivity index (χ3n) is 3.65. The average Bonchev–Trinajstić information content (AvgIpc) is 3.16. The number of thioether (sulfide) groups is 1. The summed E-state index contributed by atoms with van der Waals surface area (Å²) in [5.74, 6) is 0.866. The highest BCUT2D eigenvalue weighted by atomic mass is 32.2. The molecule has 1 atom stereocenters. The molecule has 0 aromatic heterocycles. The summed E-state index contributed by atoms with van der Waals surface area (Å²) in [4.78, 5) is 12.6. The normalized spacial score (nSPS) is 17.8. The van der Waals surface area contributed by atoms with Gasteiger partial charge in [-0.15, -0.1) is 11.8 Å². The van der Waals surface area contributed by atoms with Crippen molar-refractivity contribution in [2.45, 2.75) is 37.1 Å². The van der Waals surface area contributed by atoms with Gasteiger partial charge in [-0.1, -0.05) is 18.2 Å². The summed E-state index contributed by atoms with van der Waals surface area (Å²) >= 11 is 1.81. The molecule has 0 spiro atoms. The van der Waals surface area contributed by atoms with Crippen LogP contribution < -0.4 is 5.73 Å². The maximum absolute atomic E-state index is 11.4. The number of hydrogen-bond donors (Lipinski definition) is 1. The summed E-state index contributed by atoms with van der Waals surface area (Å²) in [6, 6.07) is 8.28. The minimum atomic E-state index is -0.0985. The Labute approximate surface area is 118 Å². The lowest BCUT2D eigenvalue weighted by Crippen LogP contribution is -2.13. The topological polar surface area (TPSA) is 52.3 Å². The van der Waals surface area contributed by atoms with Crippen LogP contribution in [0.15, 0.2) is 29.2 Å². The van der Waals surface area contributed by atoms with Crippen molar-refractivity contribution in [1.29, 1.82) is 0 Å². The van der Waals surface area contributed by atoms with Gasteiger partial charge in [-0.05, 0) is 36.8 Å². The third kappa shape index (κ3) is 3.74. The number of methoxy groups -OCH3 is 1. The van der Waals surface area contributed by atoms with E-state index in [0.29, 0.717) is 6.42 Å². The predicted molar refractivity (Wildman–Crippen MR) is 78.1 cm³/mol. The maximum atomic E-state index is 11.4. The fraction of sp³-hybridized carbons (Fsp3) is 0.533. The lowest BCUT2D eigenvalue weighted by atomic mass is 10.1. The Morgan fingerprint density at radius 1 is 1.47 bits per heavy atom. The van der Waals surface area contributed by atoms with E-state index < -0.39 is 0 Å². The van der Waals surface area contributed by atoms with Crippen molar-refractivity contribution in [3.05, 3.63) is 29.8 Å². The standard InChI is InChI=1S/C15H21NO2S/c1-11(16)12-5-3-4-6-13(12)19-10-15(7-8-15)9-14(17)18-2/h3-6,11H,7-10,16H2,1-2H3/t11-/m1/s1. The van der Waals surface area contributed by atoms with Crippen molar-refractivity contribution in [3.8, 4) is 0 Å². The van der Waals surface area contributed by atoms with Gasteiger partial charge in [0.1, 0.15) is 0 Å². The van der Waals surface area contributed by atoms with Gasteiger partial charge in [0.2, 0.25) is 0 Å². The molecular formula is C15H21NO2S. The highest BCUT2D eigenvalue weighted by Gasteiger charge is 2.44.